The van der Waals surface area contributed by atoms with Gasteiger partial charge in [0.2, 0.25) is 17.6 Å². The van der Waals surface area contributed by atoms with Gasteiger partial charge in [-0.2, -0.15) is 0 Å². The van der Waals surface area contributed by atoms with Gasteiger partial charge < -0.3 is 26.2 Å². The Kier molecular flexibility index (Phi) is 12.1. The largest absolute Gasteiger partial charge is 0.347 e. The van der Waals surface area contributed by atoms with E-state index in [1.807, 2.05) is 27.7 Å². The summed E-state index contributed by atoms with van der Waals surface area (Å²) in [7, 11) is -3.37. The number of Topliss-reactive ketones (excluding diaryl/α,β-unsaturated/α-hetero) is 1. The van der Waals surface area contributed by atoms with Crippen molar-refractivity contribution in [2.24, 2.45) is 23.2 Å². The lowest BCUT2D eigenvalue weighted by Gasteiger charge is -2.43. The molecule has 2 aliphatic heterocycles. The van der Waals surface area contributed by atoms with Crippen LogP contribution in [-0.4, -0.2) is 94.9 Å². The van der Waals surface area contributed by atoms with E-state index in [1.54, 1.807) is 0 Å². The number of carbonyl (C=O) groups is 5. The quantitative estimate of drug-likeness (QED) is 0.164. The molecule has 7 unspecified atom stereocenters. The van der Waals surface area contributed by atoms with Crippen molar-refractivity contribution in [2.45, 2.75) is 151 Å². The number of hydrogen-bond donors (Lipinski definition) is 4. The van der Waals surface area contributed by atoms with Crippen molar-refractivity contribution in [1.29, 1.82) is 0 Å². The van der Waals surface area contributed by atoms with Crippen LogP contribution < -0.4 is 21.3 Å². The van der Waals surface area contributed by atoms with Gasteiger partial charge >= 0.3 is 6.03 Å². The zero-order chi connectivity index (χ0) is 36.6. The van der Waals surface area contributed by atoms with Crippen LogP contribution in [0.15, 0.2) is 0 Å². The predicted molar refractivity (Wildman–Crippen MR) is 191 cm³/mol. The summed E-state index contributed by atoms with van der Waals surface area (Å²) < 4.78 is 26.2. The standard InChI is InChI=1S/C35H55Cl2N5O7S/c1-5-6-11-23(27(43)31(45)38-21-13-14-21)39-30(44)26-25-20(18-22(25)29(36)37)19-42(26)32(46)28(34(2,3)4)40-33(47)41-35(15-8-7-9-16-35)24-12-10-17-50(24,48)49/h20-26,28-29H,5-19H2,1-4H3,(H,38,45)(H,39,44)(H2,40,41,47). The Bertz CT molecular complexity index is 1430. The molecule has 2 heterocycles. The fraction of sp³-hybridized carbons (Fsp3) is 0.857. The molecule has 4 N–H and O–H groups in total. The van der Waals surface area contributed by atoms with Crippen LogP contribution in [0.2, 0.25) is 0 Å². The van der Waals surface area contributed by atoms with Gasteiger partial charge in [-0.1, -0.05) is 59.8 Å². The van der Waals surface area contributed by atoms with Crippen LogP contribution in [0.1, 0.15) is 111 Å². The van der Waals surface area contributed by atoms with Crippen LogP contribution in [0, 0.1) is 23.2 Å². The number of carbonyl (C=O) groups excluding carboxylic acids is 5. The molecule has 0 radical (unpaired) electrons. The summed E-state index contributed by atoms with van der Waals surface area (Å²) in [5.41, 5.74) is -1.70. The molecule has 0 aromatic carbocycles. The lowest BCUT2D eigenvalue weighted by molar-refractivity contribution is -0.145. The fourth-order valence-corrected chi connectivity index (χ4v) is 11.7. The fourth-order valence-electron chi connectivity index (χ4n) is 8.80. The molecule has 0 spiro atoms. The number of ketones is 1. The van der Waals surface area contributed by atoms with Crippen LogP contribution in [0.3, 0.4) is 0 Å². The molecule has 3 aliphatic carbocycles. The first-order valence-corrected chi connectivity index (χ1v) is 21.1. The molecular formula is C35H55Cl2N5O7S. The summed E-state index contributed by atoms with van der Waals surface area (Å²) in [5, 5.41) is 10.8. The highest BCUT2D eigenvalue weighted by molar-refractivity contribution is 7.92. The second-order valence-electron chi connectivity index (χ2n) is 16.4. The topological polar surface area (TPSA) is 171 Å². The number of nitrogens with zero attached hydrogens (tertiary/aromatic N) is 1. The van der Waals surface area contributed by atoms with Gasteiger partial charge in [0.05, 0.1) is 22.6 Å². The maximum atomic E-state index is 14.6. The highest BCUT2D eigenvalue weighted by atomic mass is 35.5. The summed E-state index contributed by atoms with van der Waals surface area (Å²) in [4.78, 5) is 69.4. The Labute approximate surface area is 306 Å². The summed E-state index contributed by atoms with van der Waals surface area (Å²) in [6, 6.07) is -3.78. The van der Waals surface area contributed by atoms with Gasteiger partial charge in [-0.25, -0.2) is 13.2 Å². The molecule has 0 aromatic heterocycles. The molecule has 5 fully saturated rings. The first-order valence-electron chi connectivity index (χ1n) is 18.5. The highest BCUT2D eigenvalue weighted by Gasteiger charge is 2.60. The number of halogens is 2. The monoisotopic (exact) mass is 759 g/mol. The van der Waals surface area contributed by atoms with E-state index in [9.17, 15) is 32.4 Å². The van der Waals surface area contributed by atoms with Gasteiger partial charge in [-0.15, -0.1) is 23.2 Å². The van der Waals surface area contributed by atoms with Crippen LogP contribution in [0.4, 0.5) is 4.79 Å². The van der Waals surface area contributed by atoms with Gasteiger partial charge in [0.15, 0.2) is 9.84 Å². The van der Waals surface area contributed by atoms with Crippen molar-refractivity contribution in [1.82, 2.24) is 26.2 Å². The summed E-state index contributed by atoms with van der Waals surface area (Å²) in [5.74, 6) is -3.03. The smallest absolute Gasteiger partial charge is 0.315 e. The summed E-state index contributed by atoms with van der Waals surface area (Å²) >= 11 is 12.7. The molecule has 3 saturated carbocycles. The molecule has 282 valence electrons. The Morgan fingerprint density at radius 2 is 1.64 bits per heavy atom. The zero-order valence-electron chi connectivity index (χ0n) is 29.8. The second kappa shape index (κ2) is 15.5. The Hall–Kier alpha value is -2.12. The van der Waals surface area contributed by atoms with Crippen LogP contribution in [0.25, 0.3) is 0 Å². The molecular weight excluding hydrogens is 705 g/mol. The number of sulfone groups is 1. The van der Waals surface area contributed by atoms with Crippen molar-refractivity contribution < 1.29 is 32.4 Å². The van der Waals surface area contributed by atoms with Gasteiger partial charge in [0.25, 0.3) is 5.91 Å². The molecule has 0 bridgehead atoms. The summed E-state index contributed by atoms with van der Waals surface area (Å²) in [6.45, 7) is 7.66. The average Bonchev–Trinajstić information content (AvgIpc) is 3.70. The van der Waals surface area contributed by atoms with E-state index in [0.717, 1.165) is 38.5 Å². The van der Waals surface area contributed by atoms with Gasteiger partial charge in [-0.3, -0.25) is 19.2 Å². The number of amides is 5. The van der Waals surface area contributed by atoms with E-state index in [0.29, 0.717) is 38.5 Å². The number of alkyl halides is 2. The summed E-state index contributed by atoms with van der Waals surface area (Å²) in [6.07, 6.45) is 8.58. The highest BCUT2D eigenvalue weighted by Crippen LogP contribution is 2.53. The van der Waals surface area contributed by atoms with E-state index in [2.05, 4.69) is 21.3 Å². The number of nitrogens with one attached hydrogen (secondary N) is 4. The van der Waals surface area contributed by atoms with Crippen LogP contribution >= 0.6 is 23.2 Å². The van der Waals surface area contributed by atoms with Crippen LogP contribution in [0.5, 0.6) is 0 Å². The minimum Gasteiger partial charge on any atom is -0.347 e. The first kappa shape index (κ1) is 39.1. The third kappa shape index (κ3) is 8.40. The van der Waals surface area contributed by atoms with Crippen molar-refractivity contribution in [2.75, 3.05) is 12.3 Å². The Morgan fingerprint density at radius 1 is 0.960 bits per heavy atom. The molecule has 15 heteroatoms. The van der Waals surface area contributed by atoms with Crippen molar-refractivity contribution in [3.8, 4) is 0 Å². The number of urea groups is 1. The van der Waals surface area contributed by atoms with Gasteiger partial charge in [0.1, 0.15) is 16.9 Å². The average molecular weight is 761 g/mol. The van der Waals surface area contributed by atoms with Crippen LogP contribution in [-0.2, 0) is 29.0 Å². The molecule has 5 amide bonds. The van der Waals surface area contributed by atoms with Gasteiger partial charge in [0, 0.05) is 12.6 Å². The minimum atomic E-state index is -3.37. The molecule has 0 aromatic rings. The molecule has 7 atom stereocenters. The molecule has 5 rings (SSSR count). The maximum Gasteiger partial charge on any atom is 0.315 e. The molecule has 12 nitrogen and oxygen atoms in total. The minimum absolute atomic E-state index is 0.0209. The van der Waals surface area contributed by atoms with Gasteiger partial charge in [-0.05, 0) is 74.5 Å². The number of hydrogen-bond acceptors (Lipinski definition) is 7. The van der Waals surface area contributed by atoms with E-state index in [1.165, 1.54) is 4.90 Å². The first-order chi connectivity index (χ1) is 23.5. The van der Waals surface area contributed by atoms with E-state index in [4.69, 9.17) is 23.2 Å². The van der Waals surface area contributed by atoms with Crippen molar-refractivity contribution in [3.63, 3.8) is 0 Å². The molecule has 5 aliphatic rings. The van der Waals surface area contributed by atoms with E-state index in [-0.39, 0.29) is 42.5 Å². The molecule has 50 heavy (non-hydrogen) atoms. The maximum absolute atomic E-state index is 14.6. The number of fused-ring (bicyclic) bond motifs is 1. The Morgan fingerprint density at radius 3 is 2.20 bits per heavy atom. The third-order valence-corrected chi connectivity index (χ3v) is 14.7. The molecule has 2 saturated heterocycles. The van der Waals surface area contributed by atoms with E-state index < -0.39 is 78.5 Å². The lowest BCUT2D eigenvalue weighted by atomic mass is 9.64. The van der Waals surface area contributed by atoms with Crippen molar-refractivity contribution in [3.05, 3.63) is 0 Å². The second-order valence-corrected chi connectivity index (χ2v) is 19.9. The number of rotatable bonds is 13. The predicted octanol–water partition coefficient (Wildman–Crippen LogP) is 3.77. The number of unbranched alkanes of at least 4 members (excludes halogenated alkanes) is 1. The zero-order valence-corrected chi connectivity index (χ0v) is 32.1. The normalized spacial score (nSPS) is 29.7. The van der Waals surface area contributed by atoms with E-state index >= 15 is 0 Å². The van der Waals surface area contributed by atoms with Crippen molar-refractivity contribution >= 4 is 62.6 Å². The Balaban J connectivity index is 1.38. The number of likely N-dealkylation sites (tertiary alicyclic amines) is 1. The third-order valence-electron chi connectivity index (χ3n) is 11.7. The lowest BCUT2D eigenvalue weighted by Crippen LogP contribution is -2.65. The SMILES string of the molecule is CCCCC(NC(=O)C1C2C(CC2C(Cl)Cl)CN1C(=O)C(NC(=O)NC1(C2CCCS2(=O)=O)CCCCC1)C(C)(C)C)C(=O)C(=O)NC1CC1.